The molecule has 1 saturated heterocycles. The molecule has 0 aromatic carbocycles. The number of aryl methyl sites for hydroxylation is 1. The molecule has 1 aliphatic rings. The second-order valence-corrected chi connectivity index (χ2v) is 7.33. The Morgan fingerprint density at radius 1 is 1.24 bits per heavy atom. The van der Waals surface area contributed by atoms with Crippen LogP contribution in [0, 0.1) is 0 Å². The third kappa shape index (κ3) is 5.46. The topological polar surface area (TPSA) is 110 Å². The lowest BCUT2D eigenvalue weighted by Crippen LogP contribution is -2.39. The zero-order chi connectivity index (χ0) is 20.8. The van der Waals surface area contributed by atoms with E-state index in [4.69, 9.17) is 18.9 Å². The lowest BCUT2D eigenvalue weighted by atomic mass is 10.2. The Kier molecular flexibility index (Phi) is 7.45. The second kappa shape index (κ2) is 10.0. The van der Waals surface area contributed by atoms with Crippen LogP contribution in [0.4, 0.5) is 0 Å². The van der Waals surface area contributed by atoms with Gasteiger partial charge >= 0.3 is 5.69 Å². The third-order valence-electron chi connectivity index (χ3n) is 4.70. The molecule has 29 heavy (non-hydrogen) atoms. The molecule has 3 heterocycles. The van der Waals surface area contributed by atoms with E-state index in [0.29, 0.717) is 26.2 Å². The van der Waals surface area contributed by atoms with E-state index < -0.39 is 11.2 Å². The largest absolute Gasteiger partial charge is 0.462 e. The number of fused-ring (bicyclic) bond motifs is 1. The van der Waals surface area contributed by atoms with E-state index in [1.807, 2.05) is 13.8 Å². The Labute approximate surface area is 168 Å². The number of nitrogens with one attached hydrogen (secondary N) is 1. The van der Waals surface area contributed by atoms with Gasteiger partial charge in [-0.25, -0.2) is 4.79 Å². The van der Waals surface area contributed by atoms with Crippen molar-refractivity contribution in [1.29, 1.82) is 0 Å². The van der Waals surface area contributed by atoms with Gasteiger partial charge in [0.2, 0.25) is 0 Å². The summed E-state index contributed by atoms with van der Waals surface area (Å²) in [5, 5.41) is 0. The van der Waals surface area contributed by atoms with Gasteiger partial charge in [-0.2, -0.15) is 4.98 Å². The molecule has 0 aliphatic carbocycles. The quantitative estimate of drug-likeness (QED) is 0.585. The Morgan fingerprint density at radius 3 is 2.79 bits per heavy atom. The first-order valence-electron chi connectivity index (χ1n) is 10.1. The maximum atomic E-state index is 12.8. The van der Waals surface area contributed by atoms with Crippen molar-refractivity contribution in [2.75, 3.05) is 26.4 Å². The number of imidazole rings is 1. The predicted molar refractivity (Wildman–Crippen MR) is 106 cm³/mol. The van der Waals surface area contributed by atoms with E-state index in [0.717, 1.165) is 25.9 Å². The molecule has 0 spiro atoms. The summed E-state index contributed by atoms with van der Waals surface area (Å²) in [5.74, 6) is 0. The van der Waals surface area contributed by atoms with Crippen molar-refractivity contribution in [2.45, 2.75) is 58.5 Å². The monoisotopic (exact) mass is 410 g/mol. The van der Waals surface area contributed by atoms with Crippen molar-refractivity contribution in [3.8, 4) is 6.01 Å². The van der Waals surface area contributed by atoms with E-state index in [1.54, 1.807) is 7.05 Å². The maximum absolute atomic E-state index is 12.8. The lowest BCUT2D eigenvalue weighted by Gasteiger charge is -2.22. The number of rotatable bonds is 10. The fourth-order valence-corrected chi connectivity index (χ4v) is 3.20. The Bertz CT molecular complexity index is 910. The average Bonchev–Trinajstić information content (AvgIpc) is 3.14. The van der Waals surface area contributed by atoms with Crippen LogP contribution in [0.25, 0.3) is 11.2 Å². The fraction of sp³-hybridized carbons (Fsp3) is 0.737. The highest BCUT2D eigenvalue weighted by atomic mass is 16.7. The van der Waals surface area contributed by atoms with E-state index in [9.17, 15) is 9.59 Å². The molecule has 1 unspecified atom stereocenters. The summed E-state index contributed by atoms with van der Waals surface area (Å²) in [6.07, 6.45) is 3.49. The normalized spacial score (nSPS) is 17.3. The molecular weight excluding hydrogens is 380 g/mol. The number of hydrogen-bond donors (Lipinski definition) is 1. The zero-order valence-electron chi connectivity index (χ0n) is 17.3. The highest BCUT2D eigenvalue weighted by Gasteiger charge is 2.17. The molecule has 1 N–H and O–H groups in total. The van der Waals surface area contributed by atoms with E-state index >= 15 is 0 Å². The summed E-state index contributed by atoms with van der Waals surface area (Å²) in [6.45, 7) is 5.97. The molecule has 1 fully saturated rings. The van der Waals surface area contributed by atoms with E-state index in [-0.39, 0.29) is 36.1 Å². The molecule has 0 amide bonds. The second-order valence-electron chi connectivity index (χ2n) is 7.33. The van der Waals surface area contributed by atoms with E-state index in [2.05, 4.69) is 9.97 Å². The van der Waals surface area contributed by atoms with Crippen molar-refractivity contribution in [2.24, 2.45) is 7.05 Å². The molecule has 1 atom stereocenters. The zero-order valence-corrected chi connectivity index (χ0v) is 17.3. The lowest BCUT2D eigenvalue weighted by molar-refractivity contribution is -0.163. The first kappa shape index (κ1) is 21.5. The fourth-order valence-electron chi connectivity index (χ4n) is 3.20. The highest BCUT2D eigenvalue weighted by molar-refractivity contribution is 5.70. The first-order valence-corrected chi connectivity index (χ1v) is 10.1. The van der Waals surface area contributed by atoms with Gasteiger partial charge in [-0.3, -0.25) is 13.9 Å². The van der Waals surface area contributed by atoms with Gasteiger partial charge in [0.15, 0.2) is 17.5 Å². The highest BCUT2D eigenvalue weighted by Crippen LogP contribution is 2.14. The molecule has 162 valence electrons. The van der Waals surface area contributed by atoms with Crippen LogP contribution >= 0.6 is 0 Å². The minimum Gasteiger partial charge on any atom is -0.462 e. The van der Waals surface area contributed by atoms with Gasteiger partial charge in [0.1, 0.15) is 6.61 Å². The summed E-state index contributed by atoms with van der Waals surface area (Å²) in [7, 11) is 1.58. The van der Waals surface area contributed by atoms with Gasteiger partial charge in [-0.1, -0.05) is 0 Å². The minimum absolute atomic E-state index is 0.107. The van der Waals surface area contributed by atoms with Crippen molar-refractivity contribution in [3.05, 3.63) is 20.8 Å². The third-order valence-corrected chi connectivity index (χ3v) is 4.70. The van der Waals surface area contributed by atoms with Crippen LogP contribution in [0.15, 0.2) is 9.59 Å². The molecule has 2 aromatic rings. The van der Waals surface area contributed by atoms with Crippen LogP contribution in [0.5, 0.6) is 6.01 Å². The van der Waals surface area contributed by atoms with Gasteiger partial charge in [0.25, 0.3) is 11.6 Å². The predicted octanol–water partition coefficient (Wildman–Crippen LogP) is 1.16. The minimum atomic E-state index is -0.419. The number of ether oxygens (including phenoxy) is 4. The molecule has 0 radical (unpaired) electrons. The molecule has 1 aliphatic heterocycles. The van der Waals surface area contributed by atoms with Crippen molar-refractivity contribution in [3.63, 3.8) is 0 Å². The number of H-pyrrole nitrogens is 1. The van der Waals surface area contributed by atoms with Gasteiger partial charge in [-0.05, 0) is 39.5 Å². The van der Waals surface area contributed by atoms with Crippen molar-refractivity contribution < 1.29 is 18.9 Å². The SMILES string of the molecule is CC(C)OCCOc1nc2c([nH]1)c(=O)n(CCCOC1CCCCO1)c(=O)n2C. The molecule has 10 nitrogen and oxygen atoms in total. The molecule has 3 rings (SSSR count). The van der Waals surface area contributed by atoms with Gasteiger partial charge in [-0.15, -0.1) is 0 Å². The molecule has 0 bridgehead atoms. The summed E-state index contributed by atoms with van der Waals surface area (Å²) in [4.78, 5) is 32.4. The number of nitrogens with zero attached hydrogens (tertiary/aromatic N) is 3. The van der Waals surface area contributed by atoms with Gasteiger partial charge in [0, 0.05) is 20.2 Å². The molecule has 0 saturated carbocycles. The maximum Gasteiger partial charge on any atom is 0.332 e. The van der Waals surface area contributed by atoms with Crippen LogP contribution < -0.4 is 16.0 Å². The Morgan fingerprint density at radius 2 is 2.07 bits per heavy atom. The van der Waals surface area contributed by atoms with Crippen LogP contribution in [0.2, 0.25) is 0 Å². The van der Waals surface area contributed by atoms with Crippen LogP contribution in [0.3, 0.4) is 0 Å². The average molecular weight is 410 g/mol. The summed E-state index contributed by atoms with van der Waals surface area (Å²) >= 11 is 0. The van der Waals surface area contributed by atoms with Gasteiger partial charge in [0.05, 0.1) is 19.3 Å². The Balaban J connectivity index is 1.64. The molecule has 10 heteroatoms. The summed E-state index contributed by atoms with van der Waals surface area (Å²) < 4.78 is 24.7. The van der Waals surface area contributed by atoms with Gasteiger partial charge < -0.3 is 23.9 Å². The number of aromatic nitrogens is 4. The number of hydrogen-bond acceptors (Lipinski definition) is 7. The molecular formula is C19H30N4O6. The summed E-state index contributed by atoms with van der Waals surface area (Å²) in [6, 6.07) is 0.190. The van der Waals surface area contributed by atoms with Crippen LogP contribution in [-0.4, -0.2) is 57.9 Å². The summed E-state index contributed by atoms with van der Waals surface area (Å²) in [5.41, 5.74) is -0.332. The van der Waals surface area contributed by atoms with E-state index in [1.165, 1.54) is 9.13 Å². The number of aromatic amines is 1. The van der Waals surface area contributed by atoms with Crippen molar-refractivity contribution in [1.82, 2.24) is 19.1 Å². The smallest absolute Gasteiger partial charge is 0.332 e. The van der Waals surface area contributed by atoms with Crippen LogP contribution in [-0.2, 0) is 27.8 Å². The van der Waals surface area contributed by atoms with Crippen LogP contribution in [0.1, 0.15) is 39.5 Å². The van der Waals surface area contributed by atoms with Crippen molar-refractivity contribution >= 4 is 11.2 Å². The standard InChI is InChI=1S/C19H30N4O6/c1-13(2)26-11-12-29-18-20-15-16(21-18)22(3)19(25)23(17(15)24)8-6-10-28-14-7-4-5-9-27-14/h13-14H,4-12H2,1-3H3,(H,20,21). The first-order chi connectivity index (χ1) is 14.0. The molecule has 2 aromatic heterocycles. The Hall–Kier alpha value is -2.17.